The average Bonchev–Trinajstić information content (AvgIpc) is 2.83. The highest BCUT2D eigenvalue weighted by Gasteiger charge is 2.71. The van der Waals surface area contributed by atoms with Crippen LogP contribution in [0.1, 0.15) is 92.9 Å². The number of nitriles is 1. The van der Waals surface area contributed by atoms with E-state index in [9.17, 15) is 14.9 Å². The second-order valence-corrected chi connectivity index (χ2v) is 15.8. The highest BCUT2D eigenvalue weighted by atomic mass is 32.2. The summed E-state index contributed by atoms with van der Waals surface area (Å²) in [6.07, 6.45) is 12.4. The van der Waals surface area contributed by atoms with Crippen molar-refractivity contribution in [1.29, 1.82) is 5.26 Å². The summed E-state index contributed by atoms with van der Waals surface area (Å²) in [7, 11) is 0. The molecule has 0 aromatic rings. The predicted molar refractivity (Wildman–Crippen MR) is 149 cm³/mol. The van der Waals surface area contributed by atoms with E-state index in [4.69, 9.17) is 4.74 Å². The quantitative estimate of drug-likeness (QED) is 0.286. The Morgan fingerprint density at radius 2 is 1.73 bits per heavy atom. The summed E-state index contributed by atoms with van der Waals surface area (Å²) in [5.74, 6) is 1.82. The van der Waals surface area contributed by atoms with E-state index in [1.807, 2.05) is 13.0 Å². The third kappa shape index (κ3) is 3.78. The number of thioether (sulfide) groups is 1. The van der Waals surface area contributed by atoms with Gasteiger partial charge in [0.1, 0.15) is 11.9 Å². The molecule has 9 unspecified atom stereocenters. The van der Waals surface area contributed by atoms with Gasteiger partial charge in [0, 0.05) is 18.3 Å². The molecule has 4 saturated carbocycles. The first-order valence-electron chi connectivity index (χ1n) is 14.6. The van der Waals surface area contributed by atoms with Crippen LogP contribution >= 0.6 is 11.8 Å². The molecular weight excluding hydrogens is 478 g/mol. The van der Waals surface area contributed by atoms with Crippen LogP contribution in [0.15, 0.2) is 11.6 Å². The molecule has 5 rings (SSSR count). The van der Waals surface area contributed by atoms with E-state index in [2.05, 4.69) is 46.9 Å². The van der Waals surface area contributed by atoms with Crippen molar-refractivity contribution in [2.24, 2.45) is 56.7 Å². The highest BCUT2D eigenvalue weighted by molar-refractivity contribution is 7.98. The first-order chi connectivity index (χ1) is 17.3. The number of carbonyl (C=O) groups excluding carboxylic acids is 2. The molecule has 0 amide bonds. The smallest absolute Gasteiger partial charge is 0.176 e. The first kappa shape index (κ1) is 27.4. The molecule has 4 fully saturated rings. The maximum atomic E-state index is 14.5. The fourth-order valence-corrected chi connectivity index (χ4v) is 10.9. The second-order valence-electron chi connectivity index (χ2n) is 15.0. The largest absolute Gasteiger partial charge is 0.370 e. The number of rotatable bonds is 4. The lowest BCUT2D eigenvalue weighted by atomic mass is 9.32. The minimum atomic E-state index is -0.295. The SMILES string of the molecule is CSCOCC12CCC(C)(C)CC1C1C(=O)CC3C4(C)C=C(C#N)C(=O)C(C)C4CCC3(C)C1(C)CC2. The Bertz CT molecular complexity index is 1060. The molecule has 0 N–H and O–H groups in total. The van der Waals surface area contributed by atoms with Crippen LogP contribution in [0.3, 0.4) is 0 Å². The van der Waals surface area contributed by atoms with Crippen LogP contribution in [-0.2, 0) is 14.3 Å². The number of ketones is 2. The molecule has 204 valence electrons. The summed E-state index contributed by atoms with van der Waals surface area (Å²) in [6, 6.07) is 2.21. The maximum Gasteiger partial charge on any atom is 0.176 e. The molecule has 5 aliphatic carbocycles. The molecule has 0 aromatic carbocycles. The van der Waals surface area contributed by atoms with Gasteiger partial charge >= 0.3 is 0 Å². The standard InChI is InChI=1S/C32H47NO3S/c1-20-22-8-9-30(5)25(29(22,4)15-21(17-33)27(20)35)14-24(34)26-23-16-28(2,3)10-12-32(23,18-36-19-37-7)13-11-31(26,30)6/h15,20,22-23,25-26H,8-14,16,18-19H2,1-7H3. The lowest BCUT2D eigenvalue weighted by Crippen LogP contribution is -2.68. The highest BCUT2D eigenvalue weighted by Crippen LogP contribution is 2.75. The van der Waals surface area contributed by atoms with E-state index in [1.165, 1.54) is 6.42 Å². The van der Waals surface area contributed by atoms with Crippen LogP contribution in [0.2, 0.25) is 0 Å². The van der Waals surface area contributed by atoms with Crippen molar-refractivity contribution in [3.63, 3.8) is 0 Å². The minimum absolute atomic E-state index is 0.00186. The predicted octanol–water partition coefficient (Wildman–Crippen LogP) is 7.23. The van der Waals surface area contributed by atoms with E-state index < -0.39 is 0 Å². The van der Waals surface area contributed by atoms with Crippen LogP contribution in [0.25, 0.3) is 0 Å². The summed E-state index contributed by atoms with van der Waals surface area (Å²) in [5, 5.41) is 9.81. The molecule has 0 heterocycles. The number of ether oxygens (including phenoxy) is 1. The molecule has 0 spiro atoms. The number of hydrogen-bond donors (Lipinski definition) is 0. The van der Waals surface area contributed by atoms with Gasteiger partial charge < -0.3 is 4.74 Å². The number of nitrogens with zero attached hydrogens (tertiary/aromatic N) is 1. The Balaban J connectivity index is 1.58. The van der Waals surface area contributed by atoms with Crippen molar-refractivity contribution in [3.8, 4) is 6.07 Å². The van der Waals surface area contributed by atoms with Crippen LogP contribution < -0.4 is 0 Å². The summed E-state index contributed by atoms with van der Waals surface area (Å²) >= 11 is 1.73. The van der Waals surface area contributed by atoms with Crippen LogP contribution in [0, 0.1) is 68.0 Å². The Kier molecular flexibility index (Phi) is 6.64. The van der Waals surface area contributed by atoms with Crippen molar-refractivity contribution >= 4 is 23.3 Å². The zero-order valence-electron chi connectivity index (χ0n) is 24.1. The Hall–Kier alpha value is -1.12. The van der Waals surface area contributed by atoms with Gasteiger partial charge in [0.05, 0.1) is 18.1 Å². The van der Waals surface area contributed by atoms with Gasteiger partial charge in [0.25, 0.3) is 0 Å². The molecule has 5 heteroatoms. The lowest BCUT2D eigenvalue weighted by Gasteiger charge is -2.71. The molecule has 0 saturated heterocycles. The number of hydrogen-bond acceptors (Lipinski definition) is 5. The van der Waals surface area contributed by atoms with Gasteiger partial charge in [-0.25, -0.2) is 0 Å². The van der Waals surface area contributed by atoms with E-state index in [0.29, 0.717) is 23.7 Å². The van der Waals surface area contributed by atoms with Crippen molar-refractivity contribution in [2.75, 3.05) is 18.8 Å². The van der Waals surface area contributed by atoms with Gasteiger partial charge in [-0.3, -0.25) is 9.59 Å². The Labute approximate surface area is 228 Å². The molecule has 0 radical (unpaired) electrons. The zero-order chi connectivity index (χ0) is 27.0. The molecule has 9 atom stereocenters. The molecule has 0 bridgehead atoms. The number of fused-ring (bicyclic) bond motifs is 7. The van der Waals surface area contributed by atoms with Crippen LogP contribution in [-0.4, -0.2) is 30.4 Å². The Morgan fingerprint density at radius 1 is 1.03 bits per heavy atom. The molecule has 4 nitrogen and oxygen atoms in total. The number of Topliss-reactive ketones (excluding diaryl/α,β-unsaturated/α-hetero) is 2. The third-order valence-corrected chi connectivity index (χ3v) is 13.3. The molecule has 0 aliphatic heterocycles. The fraction of sp³-hybridized carbons (Fsp3) is 0.844. The van der Waals surface area contributed by atoms with Gasteiger partial charge in [-0.1, -0.05) is 47.6 Å². The minimum Gasteiger partial charge on any atom is -0.370 e. The van der Waals surface area contributed by atoms with Crippen LogP contribution in [0.5, 0.6) is 0 Å². The van der Waals surface area contributed by atoms with Gasteiger partial charge in [-0.15, -0.1) is 11.8 Å². The maximum absolute atomic E-state index is 14.5. The Morgan fingerprint density at radius 3 is 2.41 bits per heavy atom. The van der Waals surface area contributed by atoms with Gasteiger partial charge in [-0.05, 0) is 96.0 Å². The van der Waals surface area contributed by atoms with Crippen molar-refractivity contribution in [3.05, 3.63) is 11.6 Å². The fourth-order valence-electron chi connectivity index (χ4n) is 10.6. The van der Waals surface area contributed by atoms with Crippen molar-refractivity contribution < 1.29 is 14.3 Å². The first-order valence-corrected chi connectivity index (χ1v) is 15.9. The van der Waals surface area contributed by atoms with E-state index >= 15 is 0 Å². The van der Waals surface area contributed by atoms with E-state index in [-0.39, 0.29) is 56.5 Å². The molecular formula is C32H47NO3S. The second kappa shape index (κ2) is 8.95. The molecule has 5 aliphatic rings. The summed E-state index contributed by atoms with van der Waals surface area (Å²) in [6.45, 7) is 14.8. The van der Waals surface area contributed by atoms with E-state index in [0.717, 1.165) is 51.1 Å². The summed E-state index contributed by atoms with van der Waals surface area (Å²) in [4.78, 5) is 27.4. The number of allylic oxidation sites excluding steroid dienone is 2. The van der Waals surface area contributed by atoms with Crippen molar-refractivity contribution in [2.45, 2.75) is 92.9 Å². The third-order valence-electron chi connectivity index (χ3n) is 12.9. The molecule has 0 aromatic heterocycles. The zero-order valence-corrected chi connectivity index (χ0v) is 24.9. The molecule has 37 heavy (non-hydrogen) atoms. The van der Waals surface area contributed by atoms with Gasteiger partial charge in [-0.2, -0.15) is 5.26 Å². The van der Waals surface area contributed by atoms with Crippen LogP contribution in [0.4, 0.5) is 0 Å². The lowest BCUT2D eigenvalue weighted by molar-refractivity contribution is -0.224. The topological polar surface area (TPSA) is 67.2 Å². The average molecular weight is 526 g/mol. The monoisotopic (exact) mass is 525 g/mol. The van der Waals surface area contributed by atoms with Gasteiger partial charge in [0.15, 0.2) is 5.78 Å². The summed E-state index contributed by atoms with van der Waals surface area (Å²) < 4.78 is 6.24. The summed E-state index contributed by atoms with van der Waals surface area (Å²) in [5.41, 5.74) is 0.302. The normalized spacial score (nSPS) is 48.6. The number of carbonyl (C=O) groups is 2. The van der Waals surface area contributed by atoms with E-state index in [1.54, 1.807) is 11.8 Å². The van der Waals surface area contributed by atoms with Crippen molar-refractivity contribution in [1.82, 2.24) is 0 Å². The van der Waals surface area contributed by atoms with Gasteiger partial charge in [0.2, 0.25) is 0 Å².